The summed E-state index contributed by atoms with van der Waals surface area (Å²) in [5.41, 5.74) is 0. The van der Waals surface area contributed by atoms with Gasteiger partial charge in [0.25, 0.3) is 5.91 Å². The van der Waals surface area contributed by atoms with Crippen LogP contribution in [0.5, 0.6) is 5.75 Å². The fourth-order valence-electron chi connectivity index (χ4n) is 2.89. The van der Waals surface area contributed by atoms with Gasteiger partial charge in [-0.3, -0.25) is 9.59 Å². The number of nitrogens with one attached hydrogen (secondary N) is 1. The van der Waals surface area contributed by atoms with E-state index < -0.39 is 0 Å². The van der Waals surface area contributed by atoms with E-state index in [4.69, 9.17) is 16.3 Å². The second kappa shape index (κ2) is 9.05. The normalized spacial score (nSPS) is 14.9. The van der Waals surface area contributed by atoms with Gasteiger partial charge in [0.2, 0.25) is 5.91 Å². The van der Waals surface area contributed by atoms with Gasteiger partial charge in [0.1, 0.15) is 5.75 Å². The first-order valence-corrected chi connectivity index (χ1v) is 9.84. The average Bonchev–Trinajstić information content (AvgIpc) is 3.14. The molecule has 0 bridgehead atoms. The molecule has 1 aliphatic heterocycles. The van der Waals surface area contributed by atoms with Crippen molar-refractivity contribution in [3.8, 4) is 5.75 Å². The van der Waals surface area contributed by atoms with Gasteiger partial charge >= 0.3 is 0 Å². The molecule has 0 aliphatic carbocycles. The number of carbonyl (C=O) groups is 2. The molecule has 1 aliphatic rings. The maximum atomic E-state index is 12.3. The second-order valence-corrected chi connectivity index (χ2v) is 7.69. The summed E-state index contributed by atoms with van der Waals surface area (Å²) in [6.45, 7) is 1.27. The number of piperidine rings is 1. The van der Waals surface area contributed by atoms with Gasteiger partial charge in [-0.2, -0.15) is 0 Å². The maximum Gasteiger partial charge on any atom is 0.260 e. The molecule has 2 amide bonds. The van der Waals surface area contributed by atoms with Crippen LogP contribution in [-0.4, -0.2) is 42.5 Å². The predicted molar refractivity (Wildman–Crippen MR) is 103 cm³/mol. The quantitative estimate of drug-likeness (QED) is 0.821. The molecule has 3 rings (SSSR count). The highest BCUT2D eigenvalue weighted by Gasteiger charge is 2.24. The highest BCUT2D eigenvalue weighted by Crippen LogP contribution is 2.16. The summed E-state index contributed by atoms with van der Waals surface area (Å²) in [4.78, 5) is 27.2. The van der Waals surface area contributed by atoms with Crippen molar-refractivity contribution in [3.63, 3.8) is 0 Å². The van der Waals surface area contributed by atoms with Crippen LogP contribution in [0.1, 0.15) is 17.7 Å². The predicted octanol–water partition coefficient (Wildman–Crippen LogP) is 3.13. The zero-order valence-corrected chi connectivity index (χ0v) is 15.9. The Morgan fingerprint density at radius 1 is 1.19 bits per heavy atom. The topological polar surface area (TPSA) is 58.6 Å². The van der Waals surface area contributed by atoms with Gasteiger partial charge in [0.15, 0.2) is 6.61 Å². The largest absolute Gasteiger partial charge is 0.484 e. The first-order valence-electron chi connectivity index (χ1n) is 8.58. The second-order valence-electron chi connectivity index (χ2n) is 6.22. The monoisotopic (exact) mass is 392 g/mol. The zero-order chi connectivity index (χ0) is 18.4. The number of halogens is 1. The van der Waals surface area contributed by atoms with E-state index in [0.29, 0.717) is 30.3 Å². The van der Waals surface area contributed by atoms with Gasteiger partial charge < -0.3 is 15.0 Å². The Bertz CT molecular complexity index is 726. The Balaban J connectivity index is 1.38. The fourth-order valence-corrected chi connectivity index (χ4v) is 3.72. The van der Waals surface area contributed by atoms with E-state index in [2.05, 4.69) is 5.32 Å². The minimum atomic E-state index is -0.0386. The molecule has 0 saturated carbocycles. The Morgan fingerprint density at radius 2 is 1.92 bits per heavy atom. The fraction of sp³-hybridized carbons (Fsp3) is 0.368. The summed E-state index contributed by atoms with van der Waals surface area (Å²) in [6, 6.07) is 11.0. The third kappa shape index (κ3) is 5.47. The Kier molecular flexibility index (Phi) is 6.52. The van der Waals surface area contributed by atoms with E-state index in [9.17, 15) is 9.59 Å². The molecule has 26 heavy (non-hydrogen) atoms. The van der Waals surface area contributed by atoms with E-state index in [0.717, 1.165) is 17.7 Å². The molecule has 0 radical (unpaired) electrons. The summed E-state index contributed by atoms with van der Waals surface area (Å²) in [5, 5.41) is 5.67. The summed E-state index contributed by atoms with van der Waals surface area (Å²) < 4.78 is 5.51. The molecule has 7 heteroatoms. The minimum absolute atomic E-state index is 0.0109. The molecule has 5 nitrogen and oxygen atoms in total. The van der Waals surface area contributed by atoms with E-state index in [-0.39, 0.29) is 24.5 Å². The molecule has 138 valence electrons. The van der Waals surface area contributed by atoms with Crippen molar-refractivity contribution >= 4 is 34.8 Å². The lowest BCUT2D eigenvalue weighted by molar-refractivity contribution is -0.134. The molecule has 1 aromatic carbocycles. The van der Waals surface area contributed by atoms with Crippen molar-refractivity contribution in [1.82, 2.24) is 10.2 Å². The first-order chi connectivity index (χ1) is 12.6. The number of benzene rings is 1. The number of amides is 2. The molecule has 2 heterocycles. The molecule has 0 unspecified atom stereocenters. The van der Waals surface area contributed by atoms with Crippen molar-refractivity contribution in [2.75, 3.05) is 19.7 Å². The van der Waals surface area contributed by atoms with E-state index >= 15 is 0 Å². The highest BCUT2D eigenvalue weighted by atomic mass is 35.5. The van der Waals surface area contributed by atoms with Gasteiger partial charge in [0.05, 0.1) is 6.42 Å². The van der Waals surface area contributed by atoms with Crippen LogP contribution >= 0.6 is 22.9 Å². The van der Waals surface area contributed by atoms with E-state index in [1.54, 1.807) is 40.5 Å². The number of hydrogen-bond donors (Lipinski definition) is 1. The first kappa shape index (κ1) is 18.7. The number of ether oxygens (including phenoxy) is 1. The molecule has 1 fully saturated rings. The Labute approximate surface area is 161 Å². The van der Waals surface area contributed by atoms with Crippen LogP contribution < -0.4 is 10.1 Å². The van der Waals surface area contributed by atoms with Crippen molar-refractivity contribution < 1.29 is 14.3 Å². The van der Waals surface area contributed by atoms with Gasteiger partial charge in [-0.05, 0) is 48.6 Å². The molecular weight excluding hydrogens is 372 g/mol. The van der Waals surface area contributed by atoms with E-state index in [1.165, 1.54) is 0 Å². The molecule has 0 spiro atoms. The van der Waals surface area contributed by atoms with Gasteiger partial charge in [0, 0.05) is 29.0 Å². The molecule has 1 aromatic heterocycles. The lowest BCUT2D eigenvalue weighted by Gasteiger charge is -2.32. The van der Waals surface area contributed by atoms with Crippen LogP contribution in [0.3, 0.4) is 0 Å². The highest BCUT2D eigenvalue weighted by molar-refractivity contribution is 7.10. The molecule has 2 aromatic rings. The van der Waals surface area contributed by atoms with Crippen LogP contribution in [0.2, 0.25) is 5.02 Å². The lowest BCUT2D eigenvalue weighted by atomic mass is 10.0. The third-order valence-electron chi connectivity index (χ3n) is 4.30. The number of carbonyl (C=O) groups excluding carboxylic acids is 2. The smallest absolute Gasteiger partial charge is 0.260 e. The Hall–Kier alpha value is -2.05. The summed E-state index contributed by atoms with van der Waals surface area (Å²) >= 11 is 7.41. The SMILES string of the molecule is O=C(Cc1cccs1)NC1CCN(C(=O)COc2ccc(Cl)cc2)CC1. The van der Waals surface area contributed by atoms with Crippen LogP contribution in [0.25, 0.3) is 0 Å². The Morgan fingerprint density at radius 3 is 2.58 bits per heavy atom. The lowest BCUT2D eigenvalue weighted by Crippen LogP contribution is -2.47. The summed E-state index contributed by atoms with van der Waals surface area (Å²) in [7, 11) is 0. The van der Waals surface area contributed by atoms with Crippen LogP contribution in [0, 0.1) is 0 Å². The van der Waals surface area contributed by atoms with Gasteiger partial charge in [-0.25, -0.2) is 0 Å². The number of rotatable bonds is 6. The number of thiophene rings is 1. The van der Waals surface area contributed by atoms with Gasteiger partial charge in [-0.15, -0.1) is 11.3 Å². The average molecular weight is 393 g/mol. The van der Waals surface area contributed by atoms with Crippen molar-refractivity contribution in [1.29, 1.82) is 0 Å². The van der Waals surface area contributed by atoms with Crippen molar-refractivity contribution in [2.45, 2.75) is 25.3 Å². The number of hydrogen-bond acceptors (Lipinski definition) is 4. The van der Waals surface area contributed by atoms with Gasteiger partial charge in [-0.1, -0.05) is 17.7 Å². The molecule has 1 N–H and O–H groups in total. The van der Waals surface area contributed by atoms with E-state index in [1.807, 2.05) is 17.5 Å². The zero-order valence-electron chi connectivity index (χ0n) is 14.3. The summed E-state index contributed by atoms with van der Waals surface area (Å²) in [6.07, 6.45) is 1.96. The van der Waals surface area contributed by atoms with Crippen LogP contribution in [0.4, 0.5) is 0 Å². The minimum Gasteiger partial charge on any atom is -0.484 e. The van der Waals surface area contributed by atoms with Crippen molar-refractivity contribution in [2.24, 2.45) is 0 Å². The molecular formula is C19H21ClN2O3S. The maximum absolute atomic E-state index is 12.3. The van der Waals surface area contributed by atoms with Crippen LogP contribution in [0.15, 0.2) is 41.8 Å². The number of nitrogens with zero attached hydrogens (tertiary/aromatic N) is 1. The van der Waals surface area contributed by atoms with Crippen LogP contribution in [-0.2, 0) is 16.0 Å². The number of likely N-dealkylation sites (tertiary alicyclic amines) is 1. The standard InChI is InChI=1S/C19H21ClN2O3S/c20-14-3-5-16(6-4-14)25-13-19(24)22-9-7-15(8-10-22)21-18(23)12-17-2-1-11-26-17/h1-6,11,15H,7-10,12-13H2,(H,21,23). The molecule has 0 atom stereocenters. The van der Waals surface area contributed by atoms with Crippen molar-refractivity contribution in [3.05, 3.63) is 51.7 Å². The summed E-state index contributed by atoms with van der Waals surface area (Å²) in [5.74, 6) is 0.630. The molecule has 1 saturated heterocycles. The third-order valence-corrected chi connectivity index (χ3v) is 5.43.